The van der Waals surface area contributed by atoms with Crippen LogP contribution in [0.25, 0.3) is 0 Å². The predicted molar refractivity (Wildman–Crippen MR) is 78.5 cm³/mol. The van der Waals surface area contributed by atoms with Gasteiger partial charge in [-0.05, 0) is 56.8 Å². The second-order valence-corrected chi connectivity index (χ2v) is 6.07. The zero-order valence-corrected chi connectivity index (χ0v) is 11.9. The van der Waals surface area contributed by atoms with E-state index in [0.29, 0.717) is 12.1 Å². The van der Waals surface area contributed by atoms with E-state index >= 15 is 0 Å². The normalized spacial score (nSPS) is 29.8. The molecule has 2 unspecified atom stereocenters. The van der Waals surface area contributed by atoms with E-state index in [-0.39, 0.29) is 6.10 Å². The number of nitrogens with one attached hydrogen (secondary N) is 1. The molecule has 2 bridgehead atoms. The molecule has 2 fully saturated rings. The van der Waals surface area contributed by atoms with Gasteiger partial charge in [0.05, 0.1) is 6.10 Å². The van der Waals surface area contributed by atoms with Crippen LogP contribution in [-0.4, -0.2) is 30.3 Å². The van der Waals surface area contributed by atoms with Crippen molar-refractivity contribution in [3.8, 4) is 0 Å². The lowest BCUT2D eigenvalue weighted by molar-refractivity contribution is 0.126. The van der Waals surface area contributed by atoms with Crippen molar-refractivity contribution in [1.82, 2.24) is 5.32 Å². The lowest BCUT2D eigenvalue weighted by atomic mass is 9.97. The maximum absolute atomic E-state index is 9.90. The Morgan fingerprint density at radius 2 is 1.95 bits per heavy atom. The lowest BCUT2D eigenvalue weighted by Crippen LogP contribution is -2.45. The zero-order valence-electron chi connectivity index (χ0n) is 11.9. The number of benzene rings is 1. The van der Waals surface area contributed by atoms with Crippen LogP contribution in [0.15, 0.2) is 18.2 Å². The molecule has 0 spiro atoms. The Labute approximate surface area is 115 Å². The molecule has 3 nitrogen and oxygen atoms in total. The molecule has 0 aromatic heterocycles. The van der Waals surface area contributed by atoms with Crippen molar-refractivity contribution in [3.05, 3.63) is 29.3 Å². The number of anilines is 1. The van der Waals surface area contributed by atoms with Crippen molar-refractivity contribution in [3.63, 3.8) is 0 Å². The number of hydrogen-bond donors (Lipinski definition) is 2. The number of fused-ring (bicyclic) bond motifs is 2. The Bertz CT molecular complexity index is 446. The molecule has 0 radical (unpaired) electrons. The van der Waals surface area contributed by atoms with Gasteiger partial charge in [0.25, 0.3) is 0 Å². The minimum Gasteiger partial charge on any atom is -0.393 e. The van der Waals surface area contributed by atoms with E-state index in [9.17, 15) is 5.11 Å². The number of aliphatic hydroxyl groups excluding tert-OH is 1. The third-order valence-electron chi connectivity index (χ3n) is 4.63. The molecule has 3 heteroatoms. The number of hydrogen-bond acceptors (Lipinski definition) is 3. The van der Waals surface area contributed by atoms with E-state index in [2.05, 4.69) is 35.3 Å². The molecule has 0 aliphatic carbocycles. The smallest absolute Gasteiger partial charge is 0.0579 e. The van der Waals surface area contributed by atoms with Gasteiger partial charge < -0.3 is 15.3 Å². The molecule has 3 rings (SSSR count). The van der Waals surface area contributed by atoms with Gasteiger partial charge in [0, 0.05) is 24.3 Å². The maximum Gasteiger partial charge on any atom is 0.0579 e. The first kappa shape index (κ1) is 12.9. The summed E-state index contributed by atoms with van der Waals surface area (Å²) < 4.78 is 0. The Morgan fingerprint density at radius 3 is 2.53 bits per heavy atom. The molecule has 1 aromatic rings. The summed E-state index contributed by atoms with van der Waals surface area (Å²) in [5.74, 6) is 0. The molecular weight excluding hydrogens is 236 g/mol. The Balaban J connectivity index is 1.86. The van der Waals surface area contributed by atoms with E-state index in [1.807, 2.05) is 7.05 Å². The molecule has 2 heterocycles. The van der Waals surface area contributed by atoms with Crippen LogP contribution in [0.5, 0.6) is 0 Å². The summed E-state index contributed by atoms with van der Waals surface area (Å²) in [6.07, 6.45) is 4.26. The van der Waals surface area contributed by atoms with Crippen LogP contribution >= 0.6 is 0 Å². The fourth-order valence-corrected chi connectivity index (χ4v) is 3.86. The lowest BCUT2D eigenvalue weighted by Gasteiger charge is -2.40. The Kier molecular flexibility index (Phi) is 3.50. The number of nitrogens with zero attached hydrogens (tertiary/aromatic N) is 1. The zero-order chi connectivity index (χ0) is 13.4. The topological polar surface area (TPSA) is 35.5 Å². The highest BCUT2D eigenvalue weighted by Gasteiger charge is 2.40. The van der Waals surface area contributed by atoms with Crippen LogP contribution in [0.4, 0.5) is 5.69 Å². The minimum atomic E-state index is -0.0855. The summed E-state index contributed by atoms with van der Waals surface area (Å²) in [5, 5.41) is 13.1. The highest BCUT2D eigenvalue weighted by Crippen LogP contribution is 2.40. The fourth-order valence-electron chi connectivity index (χ4n) is 3.86. The van der Waals surface area contributed by atoms with E-state index in [1.165, 1.54) is 29.7 Å². The fraction of sp³-hybridized carbons (Fsp3) is 0.625. The number of rotatable bonds is 3. The molecule has 2 aliphatic rings. The van der Waals surface area contributed by atoms with Gasteiger partial charge in [-0.25, -0.2) is 0 Å². The summed E-state index contributed by atoms with van der Waals surface area (Å²) in [5.41, 5.74) is 4.08. The standard InChI is InChI=1S/C16H24N2O/c1-11-7-12(10-17-2)3-6-16(11)18-13-4-5-14(18)9-15(19)8-13/h3,6-7,13-15,17,19H,4-5,8-10H2,1-2H3. The van der Waals surface area contributed by atoms with Crippen LogP contribution in [0, 0.1) is 6.92 Å². The van der Waals surface area contributed by atoms with E-state index in [4.69, 9.17) is 0 Å². The molecule has 2 N–H and O–H groups in total. The van der Waals surface area contributed by atoms with Crippen LogP contribution in [0.2, 0.25) is 0 Å². The largest absolute Gasteiger partial charge is 0.393 e. The summed E-state index contributed by atoms with van der Waals surface area (Å²) in [4.78, 5) is 2.57. The molecule has 2 atom stereocenters. The molecular formula is C16H24N2O. The van der Waals surface area contributed by atoms with Crippen LogP contribution in [0.1, 0.15) is 36.8 Å². The van der Waals surface area contributed by atoms with Crippen molar-refractivity contribution in [2.45, 2.75) is 57.3 Å². The minimum absolute atomic E-state index is 0.0855. The van der Waals surface area contributed by atoms with Crippen molar-refractivity contribution >= 4 is 5.69 Å². The third-order valence-corrected chi connectivity index (χ3v) is 4.63. The molecule has 2 aliphatic heterocycles. The molecule has 1 aromatic carbocycles. The first-order chi connectivity index (χ1) is 9.19. The van der Waals surface area contributed by atoms with E-state index < -0.39 is 0 Å². The second-order valence-electron chi connectivity index (χ2n) is 6.07. The number of piperidine rings is 1. The predicted octanol–water partition coefficient (Wildman–Crippen LogP) is 2.21. The van der Waals surface area contributed by atoms with Crippen LogP contribution < -0.4 is 10.2 Å². The summed E-state index contributed by atoms with van der Waals surface area (Å²) in [6.45, 7) is 3.13. The van der Waals surface area contributed by atoms with Crippen molar-refractivity contribution < 1.29 is 5.11 Å². The van der Waals surface area contributed by atoms with Crippen molar-refractivity contribution in [2.24, 2.45) is 0 Å². The average molecular weight is 260 g/mol. The van der Waals surface area contributed by atoms with Gasteiger partial charge in [0.15, 0.2) is 0 Å². The van der Waals surface area contributed by atoms with Crippen LogP contribution in [-0.2, 0) is 6.54 Å². The SMILES string of the molecule is CNCc1ccc(N2C3CCC2CC(O)C3)c(C)c1. The average Bonchev–Trinajstić information content (AvgIpc) is 2.63. The van der Waals surface area contributed by atoms with Gasteiger partial charge in [-0.2, -0.15) is 0 Å². The highest BCUT2D eigenvalue weighted by molar-refractivity contribution is 5.57. The molecule has 104 valence electrons. The number of aliphatic hydroxyl groups is 1. The molecule has 19 heavy (non-hydrogen) atoms. The summed E-state index contributed by atoms with van der Waals surface area (Å²) in [7, 11) is 1.98. The first-order valence-electron chi connectivity index (χ1n) is 7.39. The molecule has 2 saturated heterocycles. The van der Waals surface area contributed by atoms with Gasteiger partial charge >= 0.3 is 0 Å². The van der Waals surface area contributed by atoms with E-state index in [1.54, 1.807) is 0 Å². The van der Waals surface area contributed by atoms with Crippen LogP contribution in [0.3, 0.4) is 0 Å². The summed E-state index contributed by atoms with van der Waals surface area (Å²) in [6, 6.07) is 7.87. The second kappa shape index (κ2) is 5.14. The summed E-state index contributed by atoms with van der Waals surface area (Å²) >= 11 is 0. The first-order valence-corrected chi connectivity index (χ1v) is 7.39. The highest BCUT2D eigenvalue weighted by atomic mass is 16.3. The maximum atomic E-state index is 9.90. The molecule has 0 saturated carbocycles. The van der Waals surface area contributed by atoms with E-state index in [0.717, 1.165) is 19.4 Å². The van der Waals surface area contributed by atoms with Crippen molar-refractivity contribution in [1.29, 1.82) is 0 Å². The number of aryl methyl sites for hydroxylation is 1. The van der Waals surface area contributed by atoms with Gasteiger partial charge in [-0.15, -0.1) is 0 Å². The molecule has 0 amide bonds. The van der Waals surface area contributed by atoms with Gasteiger partial charge in [0.1, 0.15) is 0 Å². The third kappa shape index (κ3) is 2.37. The Morgan fingerprint density at radius 1 is 1.26 bits per heavy atom. The quantitative estimate of drug-likeness (QED) is 0.874. The Hall–Kier alpha value is -1.06. The van der Waals surface area contributed by atoms with Gasteiger partial charge in [-0.3, -0.25) is 0 Å². The van der Waals surface area contributed by atoms with Gasteiger partial charge in [0.2, 0.25) is 0 Å². The van der Waals surface area contributed by atoms with Crippen molar-refractivity contribution in [2.75, 3.05) is 11.9 Å². The van der Waals surface area contributed by atoms with Gasteiger partial charge in [-0.1, -0.05) is 12.1 Å². The monoisotopic (exact) mass is 260 g/mol.